The summed E-state index contributed by atoms with van der Waals surface area (Å²) in [6.45, 7) is 5.29. The maximum Gasteiger partial charge on any atom is 0.193 e. The molecule has 1 aliphatic heterocycles. The van der Waals surface area contributed by atoms with E-state index in [9.17, 15) is 0 Å². The zero-order chi connectivity index (χ0) is 9.80. The van der Waals surface area contributed by atoms with Crippen molar-refractivity contribution in [2.75, 3.05) is 25.0 Å². The van der Waals surface area contributed by atoms with Crippen LogP contribution in [-0.2, 0) is 0 Å². The molecule has 1 aliphatic rings. The second kappa shape index (κ2) is 4.51. The van der Waals surface area contributed by atoms with Gasteiger partial charge < -0.3 is 15.1 Å². The van der Waals surface area contributed by atoms with Crippen LogP contribution >= 0.6 is 0 Å². The third kappa shape index (κ3) is 2.51. The fourth-order valence-corrected chi connectivity index (χ4v) is 1.87. The molecule has 1 aromatic rings. The molecule has 2 rings (SSSR count). The zero-order valence-electron chi connectivity index (χ0n) is 8.68. The van der Waals surface area contributed by atoms with E-state index in [1.165, 1.54) is 19.4 Å². The van der Waals surface area contributed by atoms with Gasteiger partial charge in [0.25, 0.3) is 0 Å². The summed E-state index contributed by atoms with van der Waals surface area (Å²) >= 11 is 0. The molecule has 0 spiro atoms. The fraction of sp³-hybridized carbons (Fsp3) is 0.636. The lowest BCUT2D eigenvalue weighted by molar-refractivity contribution is 0.390. The Balaban J connectivity index is 1.76. The van der Waals surface area contributed by atoms with Crippen molar-refractivity contribution in [1.29, 1.82) is 0 Å². The minimum Gasteiger partial charge on any atom is -0.446 e. The molecule has 3 nitrogen and oxygen atoms in total. The molecule has 2 heterocycles. The van der Waals surface area contributed by atoms with Gasteiger partial charge in [-0.3, -0.25) is 0 Å². The van der Waals surface area contributed by atoms with Crippen molar-refractivity contribution in [3.63, 3.8) is 0 Å². The molecule has 0 saturated carbocycles. The molecule has 0 aliphatic carbocycles. The third-order valence-electron chi connectivity index (χ3n) is 2.70. The van der Waals surface area contributed by atoms with E-state index in [1.807, 2.05) is 19.1 Å². The van der Waals surface area contributed by atoms with E-state index in [1.54, 1.807) is 0 Å². The minimum absolute atomic E-state index is 0.745. The van der Waals surface area contributed by atoms with Crippen LogP contribution in [0.15, 0.2) is 16.5 Å². The smallest absolute Gasteiger partial charge is 0.193 e. The van der Waals surface area contributed by atoms with Crippen molar-refractivity contribution < 1.29 is 4.42 Å². The van der Waals surface area contributed by atoms with Gasteiger partial charge in [-0.2, -0.15) is 0 Å². The van der Waals surface area contributed by atoms with Gasteiger partial charge in [-0.1, -0.05) is 0 Å². The number of anilines is 1. The number of aryl methyl sites for hydroxylation is 1. The molecule has 0 aromatic carbocycles. The molecule has 1 atom stereocenters. The lowest BCUT2D eigenvalue weighted by Gasteiger charge is -2.22. The van der Waals surface area contributed by atoms with Crippen LogP contribution in [0.2, 0.25) is 0 Å². The molecule has 1 aromatic heterocycles. The van der Waals surface area contributed by atoms with Gasteiger partial charge in [-0.15, -0.1) is 0 Å². The monoisotopic (exact) mass is 194 g/mol. The fourth-order valence-electron chi connectivity index (χ4n) is 1.87. The summed E-state index contributed by atoms with van der Waals surface area (Å²) in [5, 5.41) is 6.73. The molecular formula is C11H18N2O. The number of nitrogens with one attached hydrogen (secondary N) is 2. The standard InChI is InChI=1S/C11H18N2O/c1-9-4-5-11(14-9)13-8-10-3-2-6-12-7-10/h4-5,10,12-13H,2-3,6-8H2,1H3. The third-order valence-corrected chi connectivity index (χ3v) is 2.70. The molecule has 2 N–H and O–H groups in total. The second-order valence-electron chi connectivity index (χ2n) is 4.00. The lowest BCUT2D eigenvalue weighted by atomic mass is 10.00. The van der Waals surface area contributed by atoms with Crippen molar-refractivity contribution in [3.8, 4) is 0 Å². The Morgan fingerprint density at radius 1 is 1.57 bits per heavy atom. The van der Waals surface area contributed by atoms with E-state index < -0.39 is 0 Å². The number of hydrogen-bond donors (Lipinski definition) is 2. The zero-order valence-corrected chi connectivity index (χ0v) is 8.68. The molecule has 0 radical (unpaired) electrons. The molecule has 1 unspecified atom stereocenters. The number of furan rings is 1. The van der Waals surface area contributed by atoms with Crippen LogP contribution in [0.5, 0.6) is 0 Å². The molecule has 0 bridgehead atoms. The van der Waals surface area contributed by atoms with Crippen molar-refractivity contribution in [1.82, 2.24) is 5.32 Å². The van der Waals surface area contributed by atoms with Crippen molar-refractivity contribution in [2.24, 2.45) is 5.92 Å². The van der Waals surface area contributed by atoms with Crippen molar-refractivity contribution in [2.45, 2.75) is 19.8 Å². The summed E-state index contributed by atoms with van der Waals surface area (Å²) in [6, 6.07) is 3.98. The summed E-state index contributed by atoms with van der Waals surface area (Å²) in [7, 11) is 0. The van der Waals surface area contributed by atoms with E-state index in [-0.39, 0.29) is 0 Å². The van der Waals surface area contributed by atoms with Gasteiger partial charge >= 0.3 is 0 Å². The van der Waals surface area contributed by atoms with E-state index >= 15 is 0 Å². The Morgan fingerprint density at radius 3 is 3.14 bits per heavy atom. The maximum absolute atomic E-state index is 5.44. The van der Waals surface area contributed by atoms with Crippen LogP contribution < -0.4 is 10.6 Å². The first-order valence-electron chi connectivity index (χ1n) is 5.35. The normalized spacial score (nSPS) is 22.2. The van der Waals surface area contributed by atoms with E-state index in [4.69, 9.17) is 4.42 Å². The van der Waals surface area contributed by atoms with Gasteiger partial charge in [0.05, 0.1) is 0 Å². The van der Waals surface area contributed by atoms with E-state index in [0.29, 0.717) is 0 Å². The van der Waals surface area contributed by atoms with Crippen LogP contribution in [0.4, 0.5) is 5.88 Å². The molecule has 0 amide bonds. The summed E-state index contributed by atoms with van der Waals surface area (Å²) in [5.74, 6) is 2.61. The Hall–Kier alpha value is -0.960. The summed E-state index contributed by atoms with van der Waals surface area (Å²) in [6.07, 6.45) is 2.61. The second-order valence-corrected chi connectivity index (χ2v) is 4.00. The Labute approximate surface area is 84.9 Å². The average Bonchev–Trinajstić information content (AvgIpc) is 2.63. The predicted molar refractivity (Wildman–Crippen MR) is 57.5 cm³/mol. The topological polar surface area (TPSA) is 37.2 Å². The predicted octanol–water partition coefficient (Wildman–Crippen LogP) is 2.00. The molecule has 78 valence electrons. The molecular weight excluding hydrogens is 176 g/mol. The van der Waals surface area contributed by atoms with Crippen molar-refractivity contribution >= 4 is 5.88 Å². The Bertz CT molecular complexity index is 277. The van der Waals surface area contributed by atoms with Crippen molar-refractivity contribution in [3.05, 3.63) is 17.9 Å². The highest BCUT2D eigenvalue weighted by molar-refractivity contribution is 5.31. The number of rotatable bonds is 3. The van der Waals surface area contributed by atoms with Crippen LogP contribution in [0, 0.1) is 12.8 Å². The van der Waals surface area contributed by atoms with E-state index in [2.05, 4.69) is 10.6 Å². The van der Waals surface area contributed by atoms with Crippen LogP contribution in [0.3, 0.4) is 0 Å². The van der Waals surface area contributed by atoms with Gasteiger partial charge in [0.2, 0.25) is 0 Å². The highest BCUT2D eigenvalue weighted by Crippen LogP contribution is 2.15. The van der Waals surface area contributed by atoms with Gasteiger partial charge in [0.1, 0.15) is 5.76 Å². The van der Waals surface area contributed by atoms with Gasteiger partial charge in [-0.25, -0.2) is 0 Å². The highest BCUT2D eigenvalue weighted by Gasteiger charge is 2.12. The maximum atomic E-state index is 5.44. The molecule has 1 saturated heterocycles. The Kier molecular flexibility index (Phi) is 3.09. The summed E-state index contributed by atoms with van der Waals surface area (Å²) in [4.78, 5) is 0. The van der Waals surface area contributed by atoms with Gasteiger partial charge in [0.15, 0.2) is 5.88 Å². The van der Waals surface area contributed by atoms with Crippen LogP contribution in [-0.4, -0.2) is 19.6 Å². The van der Waals surface area contributed by atoms with Gasteiger partial charge in [0, 0.05) is 12.6 Å². The largest absolute Gasteiger partial charge is 0.446 e. The first kappa shape index (κ1) is 9.59. The Morgan fingerprint density at radius 2 is 2.50 bits per heavy atom. The first-order chi connectivity index (χ1) is 6.84. The van der Waals surface area contributed by atoms with E-state index in [0.717, 1.165) is 30.7 Å². The van der Waals surface area contributed by atoms with Crippen LogP contribution in [0.1, 0.15) is 18.6 Å². The molecule has 1 fully saturated rings. The quantitative estimate of drug-likeness (QED) is 0.772. The number of hydrogen-bond acceptors (Lipinski definition) is 3. The molecule has 14 heavy (non-hydrogen) atoms. The minimum atomic E-state index is 0.745. The van der Waals surface area contributed by atoms with Gasteiger partial charge in [-0.05, 0) is 44.8 Å². The molecule has 3 heteroatoms. The summed E-state index contributed by atoms with van der Waals surface area (Å²) < 4.78 is 5.44. The number of piperidine rings is 1. The van der Waals surface area contributed by atoms with Crippen LogP contribution in [0.25, 0.3) is 0 Å². The lowest BCUT2D eigenvalue weighted by Crippen LogP contribution is -2.33. The highest BCUT2D eigenvalue weighted by atomic mass is 16.4. The SMILES string of the molecule is Cc1ccc(NCC2CCCNC2)o1. The summed E-state index contributed by atoms with van der Waals surface area (Å²) in [5.41, 5.74) is 0. The average molecular weight is 194 g/mol. The first-order valence-corrected chi connectivity index (χ1v) is 5.35.